The third-order valence-electron chi connectivity index (χ3n) is 10.7. The largest absolute Gasteiger partial charge is 0.310 e. The molecule has 2 aliphatic rings. The third kappa shape index (κ3) is 4.90. The highest BCUT2D eigenvalue weighted by molar-refractivity contribution is 6.31. The van der Waals surface area contributed by atoms with Gasteiger partial charge in [-0.2, -0.15) is 0 Å². The number of benzene rings is 6. The van der Waals surface area contributed by atoms with E-state index < -0.39 is 0 Å². The molecule has 8 rings (SSSR count). The minimum Gasteiger partial charge on any atom is -0.310 e. The van der Waals surface area contributed by atoms with E-state index in [-0.39, 0.29) is 10.8 Å². The SMILES string of the molecule is CCCc1ccc(-c2ccc(N(c3ccc4c(c3)C(C)(C)c3cc(Cl)ccc3-4)c3ccc4c(c3)C(C)(C)c3cc(Cl)ccc3-4)cc2)cc1. The van der Waals surface area contributed by atoms with E-state index in [1.807, 2.05) is 12.1 Å². The summed E-state index contributed by atoms with van der Waals surface area (Å²) in [6.45, 7) is 11.5. The monoisotopic (exact) mass is 663 g/mol. The van der Waals surface area contributed by atoms with Crippen LogP contribution in [0.4, 0.5) is 17.1 Å². The lowest BCUT2D eigenvalue weighted by Gasteiger charge is -2.30. The van der Waals surface area contributed by atoms with Crippen molar-refractivity contribution < 1.29 is 0 Å². The molecule has 0 aliphatic heterocycles. The van der Waals surface area contributed by atoms with E-state index in [9.17, 15) is 0 Å². The van der Waals surface area contributed by atoms with Crippen molar-refractivity contribution in [2.45, 2.75) is 58.3 Å². The summed E-state index contributed by atoms with van der Waals surface area (Å²) in [6.07, 6.45) is 2.27. The summed E-state index contributed by atoms with van der Waals surface area (Å²) in [6, 6.07) is 44.5. The van der Waals surface area contributed by atoms with Crippen molar-refractivity contribution in [3.05, 3.63) is 159 Å². The van der Waals surface area contributed by atoms with Crippen LogP contribution in [0, 0.1) is 0 Å². The van der Waals surface area contributed by atoms with Crippen LogP contribution in [0.5, 0.6) is 0 Å². The summed E-state index contributed by atoms with van der Waals surface area (Å²) in [7, 11) is 0. The average molecular weight is 665 g/mol. The van der Waals surface area contributed by atoms with Crippen LogP contribution in [0.1, 0.15) is 68.9 Å². The first-order chi connectivity index (χ1) is 23.1. The van der Waals surface area contributed by atoms with Gasteiger partial charge in [0.1, 0.15) is 0 Å². The Labute approximate surface area is 294 Å². The van der Waals surface area contributed by atoms with Gasteiger partial charge < -0.3 is 4.90 Å². The Hall–Kier alpha value is -4.30. The van der Waals surface area contributed by atoms with Gasteiger partial charge in [-0.1, -0.05) is 125 Å². The second-order valence-electron chi connectivity index (χ2n) is 14.4. The molecule has 3 heteroatoms. The van der Waals surface area contributed by atoms with Crippen LogP contribution in [-0.4, -0.2) is 0 Å². The number of rotatable bonds is 6. The molecule has 6 aromatic carbocycles. The fourth-order valence-electron chi connectivity index (χ4n) is 8.08. The van der Waals surface area contributed by atoms with E-state index in [1.165, 1.54) is 61.2 Å². The van der Waals surface area contributed by atoms with Crippen LogP contribution >= 0.6 is 23.2 Å². The molecule has 48 heavy (non-hydrogen) atoms. The van der Waals surface area contributed by atoms with Crippen molar-refractivity contribution >= 4 is 40.3 Å². The second kappa shape index (κ2) is 11.4. The highest BCUT2D eigenvalue weighted by Gasteiger charge is 2.38. The first kappa shape index (κ1) is 31.0. The molecular formula is C45H39Cl2N. The third-order valence-corrected chi connectivity index (χ3v) is 11.2. The van der Waals surface area contributed by atoms with Crippen molar-refractivity contribution in [1.82, 2.24) is 0 Å². The van der Waals surface area contributed by atoms with Crippen LogP contribution in [0.2, 0.25) is 10.0 Å². The Morgan fingerprint density at radius 1 is 0.458 bits per heavy atom. The lowest BCUT2D eigenvalue weighted by molar-refractivity contribution is 0.660. The Bertz CT molecular complexity index is 2090. The van der Waals surface area contributed by atoms with E-state index in [1.54, 1.807) is 0 Å². The molecular weight excluding hydrogens is 625 g/mol. The summed E-state index contributed by atoms with van der Waals surface area (Å²) in [5, 5.41) is 1.55. The number of fused-ring (bicyclic) bond motifs is 6. The molecule has 1 nitrogen and oxygen atoms in total. The number of halogens is 2. The molecule has 0 fully saturated rings. The van der Waals surface area contributed by atoms with Crippen LogP contribution < -0.4 is 4.90 Å². The maximum atomic E-state index is 6.51. The zero-order valence-electron chi connectivity index (χ0n) is 28.2. The van der Waals surface area contributed by atoms with Gasteiger partial charge >= 0.3 is 0 Å². The molecule has 0 heterocycles. The fourth-order valence-corrected chi connectivity index (χ4v) is 8.42. The summed E-state index contributed by atoms with van der Waals surface area (Å²) >= 11 is 13.0. The van der Waals surface area contributed by atoms with Crippen LogP contribution in [0.3, 0.4) is 0 Å². The predicted octanol–water partition coefficient (Wildman–Crippen LogP) is 13.7. The minimum atomic E-state index is -0.175. The molecule has 0 atom stereocenters. The maximum absolute atomic E-state index is 6.51. The van der Waals surface area contributed by atoms with Gasteiger partial charge in [-0.3, -0.25) is 0 Å². The summed E-state index contributed by atoms with van der Waals surface area (Å²) in [5.41, 5.74) is 17.1. The molecule has 0 N–H and O–H groups in total. The number of nitrogens with zero attached hydrogens (tertiary/aromatic N) is 1. The standard InChI is InChI=1S/C45H39Cl2N/c1-6-7-28-8-10-29(11-9-28)30-12-16-33(17-13-30)48(34-18-22-38-36-20-14-31(46)24-40(36)44(2,3)42(38)26-34)35-19-23-39-37-21-15-32(47)25-41(37)45(4,5)43(39)27-35/h8-27H,6-7H2,1-5H3. The Morgan fingerprint density at radius 2 is 0.833 bits per heavy atom. The van der Waals surface area contributed by atoms with E-state index in [0.717, 1.165) is 39.9 Å². The van der Waals surface area contributed by atoms with E-state index in [2.05, 4.69) is 149 Å². The van der Waals surface area contributed by atoms with Gasteiger partial charge in [-0.15, -0.1) is 0 Å². The zero-order chi connectivity index (χ0) is 33.4. The molecule has 0 unspecified atom stereocenters. The summed E-state index contributed by atoms with van der Waals surface area (Å²) in [4.78, 5) is 2.41. The van der Waals surface area contributed by atoms with Crippen molar-refractivity contribution in [1.29, 1.82) is 0 Å². The smallest absolute Gasteiger partial charge is 0.0465 e. The van der Waals surface area contributed by atoms with Crippen LogP contribution in [0.15, 0.2) is 121 Å². The second-order valence-corrected chi connectivity index (χ2v) is 15.3. The molecule has 238 valence electrons. The molecule has 0 saturated carbocycles. The van der Waals surface area contributed by atoms with E-state index >= 15 is 0 Å². The number of anilines is 3. The number of hydrogen-bond acceptors (Lipinski definition) is 1. The van der Waals surface area contributed by atoms with Crippen molar-refractivity contribution in [3.63, 3.8) is 0 Å². The lowest BCUT2D eigenvalue weighted by atomic mass is 9.82. The lowest BCUT2D eigenvalue weighted by Crippen LogP contribution is -2.18. The van der Waals surface area contributed by atoms with E-state index in [0.29, 0.717) is 0 Å². The molecule has 0 aromatic heterocycles. The number of hydrogen-bond donors (Lipinski definition) is 0. The molecule has 2 aliphatic carbocycles. The van der Waals surface area contributed by atoms with Crippen molar-refractivity contribution in [2.24, 2.45) is 0 Å². The summed E-state index contributed by atoms with van der Waals surface area (Å²) < 4.78 is 0. The van der Waals surface area contributed by atoms with Gasteiger partial charge in [-0.25, -0.2) is 0 Å². The van der Waals surface area contributed by atoms with E-state index in [4.69, 9.17) is 23.2 Å². The van der Waals surface area contributed by atoms with Gasteiger partial charge in [0.25, 0.3) is 0 Å². The van der Waals surface area contributed by atoms with Gasteiger partial charge in [0.2, 0.25) is 0 Å². The molecule has 0 saturated heterocycles. The van der Waals surface area contributed by atoms with Crippen molar-refractivity contribution in [3.8, 4) is 33.4 Å². The Morgan fingerprint density at radius 3 is 1.27 bits per heavy atom. The van der Waals surface area contributed by atoms with Crippen LogP contribution in [0.25, 0.3) is 33.4 Å². The van der Waals surface area contributed by atoms with Gasteiger partial charge in [0.15, 0.2) is 0 Å². The molecule has 0 bridgehead atoms. The topological polar surface area (TPSA) is 3.24 Å². The highest BCUT2D eigenvalue weighted by atomic mass is 35.5. The fraction of sp³-hybridized carbons (Fsp3) is 0.200. The average Bonchev–Trinajstić information content (AvgIpc) is 3.44. The maximum Gasteiger partial charge on any atom is 0.0465 e. The molecule has 0 radical (unpaired) electrons. The van der Waals surface area contributed by atoms with Crippen LogP contribution in [-0.2, 0) is 17.3 Å². The van der Waals surface area contributed by atoms with Gasteiger partial charge in [0, 0.05) is 37.9 Å². The first-order valence-corrected chi connectivity index (χ1v) is 17.7. The normalized spacial score (nSPS) is 14.6. The van der Waals surface area contributed by atoms with Gasteiger partial charge in [0.05, 0.1) is 0 Å². The van der Waals surface area contributed by atoms with Gasteiger partial charge in [-0.05, 0) is 128 Å². The summed E-state index contributed by atoms with van der Waals surface area (Å²) in [5.74, 6) is 0. The molecule has 0 amide bonds. The zero-order valence-corrected chi connectivity index (χ0v) is 29.7. The quantitative estimate of drug-likeness (QED) is 0.171. The Kier molecular flexibility index (Phi) is 7.36. The first-order valence-electron chi connectivity index (χ1n) is 17.0. The van der Waals surface area contributed by atoms with Crippen molar-refractivity contribution in [2.75, 3.05) is 4.90 Å². The highest BCUT2D eigenvalue weighted by Crippen LogP contribution is 2.53. The molecule has 6 aromatic rings. The Balaban J connectivity index is 1.26. The molecule has 0 spiro atoms. The predicted molar refractivity (Wildman–Crippen MR) is 206 cm³/mol. The number of aryl methyl sites for hydroxylation is 1. The minimum absolute atomic E-state index is 0.175.